The molecule has 1 aromatic rings. The molecule has 1 atom stereocenters. The molecule has 0 spiro atoms. The summed E-state index contributed by atoms with van der Waals surface area (Å²) in [5, 5.41) is 6.70. The number of nitrogens with zero attached hydrogens (tertiary/aromatic N) is 2. The van der Waals surface area contributed by atoms with Crippen molar-refractivity contribution in [3.63, 3.8) is 0 Å². The van der Waals surface area contributed by atoms with Crippen molar-refractivity contribution in [3.8, 4) is 0 Å². The van der Waals surface area contributed by atoms with Gasteiger partial charge in [0.15, 0.2) is 5.96 Å². The van der Waals surface area contributed by atoms with Crippen LogP contribution in [-0.2, 0) is 0 Å². The molecule has 0 aliphatic carbocycles. The normalized spacial score (nSPS) is 13.3. The molecular weight excluding hydrogens is 260 g/mol. The van der Waals surface area contributed by atoms with Gasteiger partial charge in [0.2, 0.25) is 0 Å². The Balaban J connectivity index is 2.43. The molecule has 1 aromatic carbocycles. The van der Waals surface area contributed by atoms with Gasteiger partial charge in [0.05, 0.1) is 0 Å². The van der Waals surface area contributed by atoms with Crippen LogP contribution in [0, 0.1) is 0 Å². The zero-order chi connectivity index (χ0) is 15.5. The van der Waals surface area contributed by atoms with Crippen LogP contribution >= 0.6 is 0 Å². The van der Waals surface area contributed by atoms with Crippen molar-refractivity contribution in [2.75, 3.05) is 40.3 Å². The van der Waals surface area contributed by atoms with E-state index in [4.69, 9.17) is 0 Å². The van der Waals surface area contributed by atoms with Gasteiger partial charge in [-0.05, 0) is 39.5 Å². The van der Waals surface area contributed by atoms with E-state index in [-0.39, 0.29) is 0 Å². The monoisotopic (exact) mass is 290 g/mol. The molecule has 4 nitrogen and oxygen atoms in total. The second-order valence-electron chi connectivity index (χ2n) is 5.61. The van der Waals surface area contributed by atoms with Crippen molar-refractivity contribution in [1.29, 1.82) is 0 Å². The lowest BCUT2D eigenvalue weighted by atomic mass is 10.0. The van der Waals surface area contributed by atoms with Gasteiger partial charge in [-0.3, -0.25) is 4.99 Å². The molecule has 0 amide bonds. The molecule has 0 radical (unpaired) electrons. The maximum absolute atomic E-state index is 4.69. The second kappa shape index (κ2) is 10.2. The van der Waals surface area contributed by atoms with Gasteiger partial charge >= 0.3 is 0 Å². The minimum atomic E-state index is 0.434. The van der Waals surface area contributed by atoms with E-state index < -0.39 is 0 Å². The van der Waals surface area contributed by atoms with E-state index in [1.807, 2.05) is 0 Å². The lowest BCUT2D eigenvalue weighted by Crippen LogP contribution is -2.38. The highest BCUT2D eigenvalue weighted by atomic mass is 15.2. The number of nitrogens with one attached hydrogen (secondary N) is 2. The van der Waals surface area contributed by atoms with Crippen LogP contribution in [0.1, 0.15) is 31.7 Å². The number of rotatable bonds is 8. The Hall–Kier alpha value is -1.55. The average molecular weight is 290 g/mol. The van der Waals surface area contributed by atoms with Crippen molar-refractivity contribution in [3.05, 3.63) is 35.9 Å². The van der Waals surface area contributed by atoms with E-state index >= 15 is 0 Å². The SMILES string of the molecule is CCNC(=NCC(C)c1ccccc1)NCCCN(C)C. The van der Waals surface area contributed by atoms with E-state index in [2.05, 4.69) is 78.8 Å². The number of aliphatic imine (C=N–C) groups is 1. The number of hydrogen-bond acceptors (Lipinski definition) is 2. The summed E-state index contributed by atoms with van der Waals surface area (Å²) in [7, 11) is 4.20. The van der Waals surface area contributed by atoms with Gasteiger partial charge < -0.3 is 15.5 Å². The lowest BCUT2D eigenvalue weighted by molar-refractivity contribution is 0.399. The summed E-state index contributed by atoms with van der Waals surface area (Å²) < 4.78 is 0. The van der Waals surface area contributed by atoms with Crippen LogP contribution in [-0.4, -0.2) is 51.1 Å². The third-order valence-corrected chi connectivity index (χ3v) is 3.31. The maximum Gasteiger partial charge on any atom is 0.191 e. The highest BCUT2D eigenvalue weighted by Crippen LogP contribution is 2.14. The second-order valence-corrected chi connectivity index (χ2v) is 5.61. The predicted molar refractivity (Wildman–Crippen MR) is 92.0 cm³/mol. The van der Waals surface area contributed by atoms with Crippen LogP contribution in [0.5, 0.6) is 0 Å². The molecule has 0 aliphatic heterocycles. The summed E-state index contributed by atoms with van der Waals surface area (Å²) >= 11 is 0. The number of hydrogen-bond donors (Lipinski definition) is 2. The van der Waals surface area contributed by atoms with Gasteiger partial charge in [-0.2, -0.15) is 0 Å². The van der Waals surface area contributed by atoms with Crippen LogP contribution in [0.15, 0.2) is 35.3 Å². The van der Waals surface area contributed by atoms with E-state index in [9.17, 15) is 0 Å². The number of guanidine groups is 1. The summed E-state index contributed by atoms with van der Waals surface area (Å²) in [5.41, 5.74) is 1.34. The van der Waals surface area contributed by atoms with E-state index in [0.717, 1.165) is 38.6 Å². The fourth-order valence-electron chi connectivity index (χ4n) is 2.06. The van der Waals surface area contributed by atoms with Gasteiger partial charge in [0, 0.05) is 25.6 Å². The van der Waals surface area contributed by atoms with Gasteiger partial charge in [0.1, 0.15) is 0 Å². The Morgan fingerprint density at radius 3 is 2.52 bits per heavy atom. The highest BCUT2D eigenvalue weighted by Gasteiger charge is 2.04. The highest BCUT2D eigenvalue weighted by molar-refractivity contribution is 5.79. The van der Waals surface area contributed by atoms with Gasteiger partial charge in [-0.1, -0.05) is 37.3 Å². The Kier molecular flexibility index (Phi) is 8.51. The van der Waals surface area contributed by atoms with Crippen LogP contribution in [0.2, 0.25) is 0 Å². The fraction of sp³-hybridized carbons (Fsp3) is 0.588. The zero-order valence-corrected chi connectivity index (χ0v) is 13.9. The standard InChI is InChI=1S/C17H30N4/c1-5-18-17(19-12-9-13-21(3)4)20-14-15(2)16-10-7-6-8-11-16/h6-8,10-11,15H,5,9,12-14H2,1-4H3,(H2,18,19,20). The van der Waals surface area contributed by atoms with Crippen LogP contribution in [0.25, 0.3) is 0 Å². The van der Waals surface area contributed by atoms with Gasteiger partial charge in [0.25, 0.3) is 0 Å². The first kappa shape index (κ1) is 17.5. The molecule has 2 N–H and O–H groups in total. The molecule has 1 unspecified atom stereocenters. The number of benzene rings is 1. The van der Waals surface area contributed by atoms with Crippen molar-refractivity contribution in [2.45, 2.75) is 26.2 Å². The Morgan fingerprint density at radius 2 is 1.90 bits per heavy atom. The summed E-state index contributed by atoms with van der Waals surface area (Å²) in [5.74, 6) is 1.35. The Morgan fingerprint density at radius 1 is 1.19 bits per heavy atom. The van der Waals surface area contributed by atoms with E-state index in [1.165, 1.54) is 5.56 Å². The molecule has 118 valence electrons. The third kappa shape index (κ3) is 7.71. The van der Waals surface area contributed by atoms with Gasteiger partial charge in [-0.15, -0.1) is 0 Å². The van der Waals surface area contributed by atoms with Crippen molar-refractivity contribution in [2.24, 2.45) is 4.99 Å². The maximum atomic E-state index is 4.69. The quantitative estimate of drug-likeness (QED) is 0.438. The summed E-state index contributed by atoms with van der Waals surface area (Å²) in [6, 6.07) is 10.5. The minimum Gasteiger partial charge on any atom is -0.357 e. The molecule has 0 fully saturated rings. The average Bonchev–Trinajstić information content (AvgIpc) is 2.49. The molecule has 0 saturated heterocycles. The van der Waals surface area contributed by atoms with E-state index in [0.29, 0.717) is 5.92 Å². The molecule has 0 heterocycles. The molecule has 0 aliphatic rings. The van der Waals surface area contributed by atoms with Crippen LogP contribution in [0.4, 0.5) is 0 Å². The third-order valence-electron chi connectivity index (χ3n) is 3.31. The zero-order valence-electron chi connectivity index (χ0n) is 13.9. The first-order chi connectivity index (χ1) is 10.1. The van der Waals surface area contributed by atoms with Crippen LogP contribution in [0.3, 0.4) is 0 Å². The fourth-order valence-corrected chi connectivity index (χ4v) is 2.06. The van der Waals surface area contributed by atoms with Crippen molar-refractivity contribution >= 4 is 5.96 Å². The largest absolute Gasteiger partial charge is 0.357 e. The predicted octanol–water partition coefficient (Wildman–Crippen LogP) is 2.30. The Bertz CT molecular complexity index is 401. The summed E-state index contributed by atoms with van der Waals surface area (Å²) in [4.78, 5) is 6.88. The van der Waals surface area contributed by atoms with Crippen LogP contribution < -0.4 is 10.6 Å². The molecule has 21 heavy (non-hydrogen) atoms. The Labute approximate surface area is 129 Å². The molecule has 0 aromatic heterocycles. The van der Waals surface area contributed by atoms with Crippen molar-refractivity contribution < 1.29 is 0 Å². The summed E-state index contributed by atoms with van der Waals surface area (Å²) in [6.45, 7) is 8.04. The van der Waals surface area contributed by atoms with Gasteiger partial charge in [-0.25, -0.2) is 0 Å². The van der Waals surface area contributed by atoms with E-state index in [1.54, 1.807) is 0 Å². The molecular formula is C17H30N4. The van der Waals surface area contributed by atoms with Crippen molar-refractivity contribution in [1.82, 2.24) is 15.5 Å². The topological polar surface area (TPSA) is 39.7 Å². The molecule has 0 saturated carbocycles. The minimum absolute atomic E-state index is 0.434. The molecule has 0 bridgehead atoms. The molecule has 1 rings (SSSR count). The lowest BCUT2D eigenvalue weighted by Gasteiger charge is -2.15. The summed E-state index contributed by atoms with van der Waals surface area (Å²) in [6.07, 6.45) is 1.12. The first-order valence-electron chi connectivity index (χ1n) is 7.85. The molecule has 4 heteroatoms. The first-order valence-corrected chi connectivity index (χ1v) is 7.85. The smallest absolute Gasteiger partial charge is 0.191 e.